The summed E-state index contributed by atoms with van der Waals surface area (Å²) in [4.78, 5) is 11.1. The van der Waals surface area contributed by atoms with Gasteiger partial charge >= 0.3 is 5.97 Å². The Morgan fingerprint density at radius 1 is 1.67 bits per heavy atom. The van der Waals surface area contributed by atoms with Crippen molar-refractivity contribution < 1.29 is 14.3 Å². The summed E-state index contributed by atoms with van der Waals surface area (Å²) in [5.74, 6) is -0.237. The van der Waals surface area contributed by atoms with Gasteiger partial charge in [0.05, 0.1) is 13.7 Å². The highest BCUT2D eigenvalue weighted by Crippen LogP contribution is 2.36. The molecule has 0 radical (unpaired) electrons. The molecule has 0 bridgehead atoms. The molecule has 68 valence electrons. The van der Waals surface area contributed by atoms with E-state index in [4.69, 9.17) is 4.74 Å². The van der Waals surface area contributed by atoms with Crippen LogP contribution in [0.2, 0.25) is 0 Å². The maximum absolute atomic E-state index is 11.1. The first-order valence-corrected chi connectivity index (χ1v) is 4.16. The number of ether oxygens (including phenoxy) is 2. The van der Waals surface area contributed by atoms with Gasteiger partial charge in [-0.25, -0.2) is 4.79 Å². The van der Waals surface area contributed by atoms with Gasteiger partial charge in [-0.2, -0.15) is 0 Å². The Morgan fingerprint density at radius 3 is 2.83 bits per heavy atom. The highest BCUT2D eigenvalue weighted by molar-refractivity contribution is 5.75. The van der Waals surface area contributed by atoms with Crippen molar-refractivity contribution in [1.82, 2.24) is 5.32 Å². The van der Waals surface area contributed by atoms with E-state index in [9.17, 15) is 4.79 Å². The van der Waals surface area contributed by atoms with Gasteiger partial charge < -0.3 is 14.8 Å². The van der Waals surface area contributed by atoms with Gasteiger partial charge in [-0.3, -0.25) is 0 Å². The van der Waals surface area contributed by atoms with Gasteiger partial charge in [0.2, 0.25) is 0 Å². The number of rotatable bonds is 1. The summed E-state index contributed by atoms with van der Waals surface area (Å²) in [6, 6.07) is 0. The second-order valence-corrected chi connectivity index (χ2v) is 3.63. The topological polar surface area (TPSA) is 47.6 Å². The fourth-order valence-electron chi connectivity index (χ4n) is 1.80. The van der Waals surface area contributed by atoms with Crippen molar-refractivity contribution in [1.29, 1.82) is 0 Å². The predicted octanol–water partition coefficient (Wildman–Crippen LogP) is -0.462. The lowest BCUT2D eigenvalue weighted by Gasteiger charge is -2.37. The Bertz CT molecular complexity index is 200. The molecule has 2 heterocycles. The third-order valence-electron chi connectivity index (χ3n) is 2.67. The van der Waals surface area contributed by atoms with Gasteiger partial charge in [0.15, 0.2) is 6.10 Å². The Kier molecular flexibility index (Phi) is 1.81. The molecule has 2 aliphatic heterocycles. The first-order valence-electron chi connectivity index (χ1n) is 4.16. The number of esters is 1. The van der Waals surface area contributed by atoms with E-state index in [-0.39, 0.29) is 17.5 Å². The molecule has 4 heteroatoms. The molecule has 1 spiro atoms. The Hall–Kier alpha value is -0.610. The molecule has 4 nitrogen and oxygen atoms in total. The van der Waals surface area contributed by atoms with Gasteiger partial charge in [0.25, 0.3) is 0 Å². The van der Waals surface area contributed by atoms with E-state index in [0.717, 1.165) is 19.5 Å². The largest absolute Gasteiger partial charge is 0.467 e. The van der Waals surface area contributed by atoms with Crippen molar-refractivity contribution in [2.45, 2.75) is 12.5 Å². The van der Waals surface area contributed by atoms with E-state index in [2.05, 4.69) is 10.1 Å². The normalized spacial score (nSPS) is 31.6. The van der Waals surface area contributed by atoms with E-state index in [1.54, 1.807) is 0 Å². The zero-order valence-electron chi connectivity index (χ0n) is 7.13. The van der Waals surface area contributed by atoms with E-state index >= 15 is 0 Å². The third-order valence-corrected chi connectivity index (χ3v) is 2.67. The van der Waals surface area contributed by atoms with Gasteiger partial charge in [-0.15, -0.1) is 0 Å². The van der Waals surface area contributed by atoms with Gasteiger partial charge in [0, 0.05) is 18.5 Å². The zero-order valence-corrected chi connectivity index (χ0v) is 7.13. The summed E-state index contributed by atoms with van der Waals surface area (Å²) >= 11 is 0. The highest BCUT2D eigenvalue weighted by atomic mass is 16.6. The predicted molar refractivity (Wildman–Crippen MR) is 41.7 cm³/mol. The van der Waals surface area contributed by atoms with Crippen LogP contribution in [-0.2, 0) is 14.3 Å². The van der Waals surface area contributed by atoms with Crippen molar-refractivity contribution in [3.63, 3.8) is 0 Å². The van der Waals surface area contributed by atoms with Crippen LogP contribution >= 0.6 is 0 Å². The lowest BCUT2D eigenvalue weighted by molar-refractivity contribution is -0.151. The van der Waals surface area contributed by atoms with Crippen LogP contribution in [0.15, 0.2) is 0 Å². The molecule has 1 atom stereocenters. The van der Waals surface area contributed by atoms with Gasteiger partial charge in [-0.1, -0.05) is 0 Å². The van der Waals surface area contributed by atoms with Crippen LogP contribution in [0.5, 0.6) is 0 Å². The summed E-state index contributed by atoms with van der Waals surface area (Å²) in [5.41, 5.74) is 0.235. The van der Waals surface area contributed by atoms with Crippen molar-refractivity contribution in [3.05, 3.63) is 0 Å². The van der Waals surface area contributed by atoms with E-state index < -0.39 is 0 Å². The Balaban J connectivity index is 1.93. The molecule has 2 aliphatic rings. The summed E-state index contributed by atoms with van der Waals surface area (Å²) < 4.78 is 9.96. The van der Waals surface area contributed by atoms with Crippen molar-refractivity contribution in [2.75, 3.05) is 26.8 Å². The van der Waals surface area contributed by atoms with Crippen LogP contribution in [0.4, 0.5) is 0 Å². The van der Waals surface area contributed by atoms with Crippen LogP contribution in [0.25, 0.3) is 0 Å². The molecule has 12 heavy (non-hydrogen) atoms. The maximum atomic E-state index is 11.1. The summed E-state index contributed by atoms with van der Waals surface area (Å²) in [6.45, 7) is 2.64. The minimum atomic E-state index is -0.322. The number of hydrogen-bond acceptors (Lipinski definition) is 4. The number of nitrogens with one attached hydrogen (secondary N) is 1. The number of carbonyl (C=O) groups is 1. The molecule has 0 aromatic rings. The molecular formula is C8H13NO3. The van der Waals surface area contributed by atoms with E-state index in [0.29, 0.717) is 6.61 Å². The third kappa shape index (κ3) is 1.11. The first kappa shape index (κ1) is 8.01. The molecule has 0 amide bonds. The standard InChI is InChI=1S/C8H13NO3/c1-11-7(10)6-2-8(5-12-6)3-9-4-8/h6,9H,2-5H2,1H3/t6-/m1/s1. The molecule has 1 N–H and O–H groups in total. The number of hydrogen-bond donors (Lipinski definition) is 1. The highest BCUT2D eigenvalue weighted by Gasteiger charge is 2.47. The van der Waals surface area contributed by atoms with Crippen LogP contribution in [0.3, 0.4) is 0 Å². The second-order valence-electron chi connectivity index (χ2n) is 3.63. The van der Waals surface area contributed by atoms with Crippen LogP contribution in [0.1, 0.15) is 6.42 Å². The Morgan fingerprint density at radius 2 is 2.42 bits per heavy atom. The molecule has 0 aromatic carbocycles. The Labute approximate surface area is 71.2 Å². The molecule has 2 fully saturated rings. The average molecular weight is 171 g/mol. The second kappa shape index (κ2) is 2.71. The lowest BCUT2D eigenvalue weighted by atomic mass is 9.80. The van der Waals surface area contributed by atoms with Crippen molar-refractivity contribution in [3.8, 4) is 0 Å². The number of methoxy groups -OCH3 is 1. The van der Waals surface area contributed by atoms with E-state index in [1.165, 1.54) is 7.11 Å². The van der Waals surface area contributed by atoms with Gasteiger partial charge in [0.1, 0.15) is 0 Å². The monoisotopic (exact) mass is 171 g/mol. The molecule has 0 aromatic heterocycles. The molecular weight excluding hydrogens is 158 g/mol. The molecule has 0 saturated carbocycles. The fourth-order valence-corrected chi connectivity index (χ4v) is 1.80. The SMILES string of the molecule is COC(=O)[C@H]1CC2(CNC2)CO1. The average Bonchev–Trinajstić information content (AvgIpc) is 2.46. The van der Waals surface area contributed by atoms with E-state index in [1.807, 2.05) is 0 Å². The van der Waals surface area contributed by atoms with Crippen LogP contribution < -0.4 is 5.32 Å². The van der Waals surface area contributed by atoms with Crippen LogP contribution in [0, 0.1) is 5.41 Å². The van der Waals surface area contributed by atoms with Gasteiger partial charge in [-0.05, 0) is 6.42 Å². The quantitative estimate of drug-likeness (QED) is 0.542. The zero-order chi connectivity index (χ0) is 8.60. The molecule has 0 unspecified atom stereocenters. The van der Waals surface area contributed by atoms with Crippen LogP contribution in [-0.4, -0.2) is 38.9 Å². The minimum absolute atomic E-state index is 0.235. The molecule has 2 rings (SSSR count). The molecule has 0 aliphatic carbocycles. The smallest absolute Gasteiger partial charge is 0.334 e. The number of carbonyl (C=O) groups excluding carboxylic acids is 1. The summed E-state index contributed by atoms with van der Waals surface area (Å²) in [6.07, 6.45) is 0.490. The van der Waals surface area contributed by atoms with Crippen molar-refractivity contribution in [2.24, 2.45) is 5.41 Å². The van der Waals surface area contributed by atoms with Crippen molar-refractivity contribution >= 4 is 5.97 Å². The first-order chi connectivity index (χ1) is 5.76. The minimum Gasteiger partial charge on any atom is -0.467 e. The lowest BCUT2D eigenvalue weighted by Crippen LogP contribution is -2.54. The molecule has 2 saturated heterocycles. The maximum Gasteiger partial charge on any atom is 0.334 e. The fraction of sp³-hybridized carbons (Fsp3) is 0.875. The summed E-state index contributed by atoms with van der Waals surface area (Å²) in [7, 11) is 1.40. The summed E-state index contributed by atoms with van der Waals surface area (Å²) in [5, 5.41) is 3.19.